The Kier molecular flexibility index (Phi) is 2.81. The number of nitrogen functional groups attached to an aromatic ring is 1. The van der Waals surface area contributed by atoms with Crippen molar-refractivity contribution < 1.29 is 4.79 Å². The van der Waals surface area contributed by atoms with E-state index in [0.29, 0.717) is 17.4 Å². The SMILES string of the molecule is Nc1cc(Br)ccc1NC(=O)NC1CC1. The van der Waals surface area contributed by atoms with Crippen molar-refractivity contribution in [3.05, 3.63) is 22.7 Å². The van der Waals surface area contributed by atoms with Crippen LogP contribution in [0.15, 0.2) is 22.7 Å². The lowest BCUT2D eigenvalue weighted by atomic mass is 10.3. The molecule has 1 aromatic carbocycles. The van der Waals surface area contributed by atoms with Crippen molar-refractivity contribution in [2.45, 2.75) is 18.9 Å². The molecule has 0 atom stereocenters. The zero-order chi connectivity index (χ0) is 10.8. The fraction of sp³-hybridized carbons (Fsp3) is 0.300. The number of hydrogen-bond donors (Lipinski definition) is 3. The zero-order valence-electron chi connectivity index (χ0n) is 8.09. The minimum atomic E-state index is -0.188. The van der Waals surface area contributed by atoms with Crippen LogP contribution in [0, 0.1) is 0 Å². The van der Waals surface area contributed by atoms with Crippen LogP contribution in [-0.2, 0) is 0 Å². The predicted octanol–water partition coefficient (Wildman–Crippen LogP) is 2.32. The number of anilines is 2. The normalized spacial score (nSPS) is 14.7. The first-order chi connectivity index (χ1) is 7.15. The number of carbonyl (C=O) groups excluding carboxylic acids is 1. The topological polar surface area (TPSA) is 67.1 Å². The van der Waals surface area contributed by atoms with Crippen LogP contribution in [0.25, 0.3) is 0 Å². The molecule has 2 rings (SSSR count). The molecule has 1 aliphatic rings. The van der Waals surface area contributed by atoms with Gasteiger partial charge in [0.25, 0.3) is 0 Å². The largest absolute Gasteiger partial charge is 0.397 e. The second-order valence-corrected chi connectivity index (χ2v) is 4.52. The van der Waals surface area contributed by atoms with Crippen molar-refractivity contribution >= 4 is 33.3 Å². The van der Waals surface area contributed by atoms with Crippen LogP contribution in [0.1, 0.15) is 12.8 Å². The number of nitrogens with one attached hydrogen (secondary N) is 2. The Bertz CT molecular complexity index is 390. The average Bonchev–Trinajstić information content (AvgIpc) is 2.94. The Hall–Kier alpha value is -1.23. The van der Waals surface area contributed by atoms with Gasteiger partial charge in [-0.3, -0.25) is 0 Å². The highest BCUT2D eigenvalue weighted by molar-refractivity contribution is 9.10. The van der Waals surface area contributed by atoms with E-state index < -0.39 is 0 Å². The fourth-order valence-corrected chi connectivity index (χ4v) is 1.60. The molecule has 0 unspecified atom stereocenters. The Morgan fingerprint density at radius 1 is 1.47 bits per heavy atom. The van der Waals surface area contributed by atoms with Crippen molar-refractivity contribution in [2.24, 2.45) is 0 Å². The van der Waals surface area contributed by atoms with E-state index in [2.05, 4.69) is 26.6 Å². The number of rotatable bonds is 2. The van der Waals surface area contributed by atoms with E-state index in [1.54, 1.807) is 12.1 Å². The summed E-state index contributed by atoms with van der Waals surface area (Å²) in [6, 6.07) is 5.52. The summed E-state index contributed by atoms with van der Waals surface area (Å²) in [5, 5.41) is 5.54. The fourth-order valence-electron chi connectivity index (χ4n) is 1.22. The van der Waals surface area contributed by atoms with Crippen molar-refractivity contribution in [3.8, 4) is 0 Å². The molecule has 0 spiro atoms. The molecular formula is C10H12BrN3O. The Labute approximate surface area is 96.4 Å². The number of amides is 2. The first kappa shape index (κ1) is 10.3. The minimum Gasteiger partial charge on any atom is -0.397 e. The van der Waals surface area contributed by atoms with E-state index in [0.717, 1.165) is 17.3 Å². The van der Waals surface area contributed by atoms with Crippen LogP contribution >= 0.6 is 15.9 Å². The van der Waals surface area contributed by atoms with Gasteiger partial charge in [0.2, 0.25) is 0 Å². The molecule has 1 aromatic rings. The number of benzene rings is 1. The second-order valence-electron chi connectivity index (χ2n) is 3.60. The smallest absolute Gasteiger partial charge is 0.319 e. The van der Waals surface area contributed by atoms with Crippen molar-refractivity contribution in [1.82, 2.24) is 5.32 Å². The lowest BCUT2D eigenvalue weighted by Gasteiger charge is -2.09. The van der Waals surface area contributed by atoms with Crippen molar-refractivity contribution in [3.63, 3.8) is 0 Å². The third-order valence-electron chi connectivity index (χ3n) is 2.17. The molecule has 1 fully saturated rings. The molecule has 0 heterocycles. The summed E-state index contributed by atoms with van der Waals surface area (Å²) >= 11 is 3.30. The van der Waals surface area contributed by atoms with Crippen LogP contribution in [-0.4, -0.2) is 12.1 Å². The molecule has 4 nitrogen and oxygen atoms in total. The highest BCUT2D eigenvalue weighted by Crippen LogP contribution is 2.23. The van der Waals surface area contributed by atoms with Gasteiger partial charge >= 0.3 is 6.03 Å². The van der Waals surface area contributed by atoms with Crippen molar-refractivity contribution in [1.29, 1.82) is 0 Å². The van der Waals surface area contributed by atoms with Gasteiger partial charge in [-0.1, -0.05) is 15.9 Å². The maximum atomic E-state index is 11.4. The summed E-state index contributed by atoms with van der Waals surface area (Å²) in [5.41, 5.74) is 6.93. The van der Waals surface area contributed by atoms with Crippen LogP contribution < -0.4 is 16.4 Å². The van der Waals surface area contributed by atoms with Gasteiger partial charge in [-0.2, -0.15) is 0 Å². The summed E-state index contributed by atoms with van der Waals surface area (Å²) in [6.07, 6.45) is 2.15. The molecule has 1 saturated carbocycles. The molecule has 0 saturated heterocycles. The molecule has 2 amide bonds. The highest BCUT2D eigenvalue weighted by atomic mass is 79.9. The molecule has 0 bridgehead atoms. The van der Waals surface area contributed by atoms with Gasteiger partial charge < -0.3 is 16.4 Å². The predicted molar refractivity (Wildman–Crippen MR) is 63.7 cm³/mol. The monoisotopic (exact) mass is 269 g/mol. The first-order valence-corrected chi connectivity index (χ1v) is 5.57. The maximum Gasteiger partial charge on any atom is 0.319 e. The molecule has 0 aromatic heterocycles. The summed E-state index contributed by atoms with van der Waals surface area (Å²) in [5.74, 6) is 0. The van der Waals surface area contributed by atoms with Gasteiger partial charge in [0.15, 0.2) is 0 Å². The third-order valence-corrected chi connectivity index (χ3v) is 2.67. The molecule has 80 valence electrons. The standard InChI is InChI=1S/C10H12BrN3O/c11-6-1-4-9(8(12)5-6)14-10(15)13-7-2-3-7/h1,4-5,7H,2-3,12H2,(H2,13,14,15). The van der Waals surface area contributed by atoms with Crippen LogP contribution in [0.4, 0.5) is 16.2 Å². The number of nitrogens with two attached hydrogens (primary N) is 1. The Balaban J connectivity index is 1.99. The van der Waals surface area contributed by atoms with E-state index in [-0.39, 0.29) is 6.03 Å². The number of halogens is 1. The Morgan fingerprint density at radius 3 is 2.80 bits per heavy atom. The van der Waals surface area contributed by atoms with Crippen LogP contribution in [0.5, 0.6) is 0 Å². The molecule has 5 heteroatoms. The lowest BCUT2D eigenvalue weighted by Crippen LogP contribution is -2.30. The van der Waals surface area contributed by atoms with Gasteiger partial charge in [-0.15, -0.1) is 0 Å². The van der Waals surface area contributed by atoms with E-state index in [1.165, 1.54) is 0 Å². The molecule has 15 heavy (non-hydrogen) atoms. The minimum absolute atomic E-state index is 0.188. The van der Waals surface area contributed by atoms with E-state index >= 15 is 0 Å². The summed E-state index contributed by atoms with van der Waals surface area (Å²) < 4.78 is 0.896. The average molecular weight is 270 g/mol. The molecule has 1 aliphatic carbocycles. The lowest BCUT2D eigenvalue weighted by molar-refractivity contribution is 0.251. The molecule has 0 radical (unpaired) electrons. The van der Waals surface area contributed by atoms with Gasteiger partial charge in [0.05, 0.1) is 11.4 Å². The van der Waals surface area contributed by atoms with Gasteiger partial charge in [0, 0.05) is 10.5 Å². The van der Waals surface area contributed by atoms with Crippen molar-refractivity contribution in [2.75, 3.05) is 11.1 Å². The number of urea groups is 1. The van der Waals surface area contributed by atoms with E-state index in [9.17, 15) is 4.79 Å². The summed E-state index contributed by atoms with van der Waals surface area (Å²) in [6.45, 7) is 0. The number of hydrogen-bond acceptors (Lipinski definition) is 2. The zero-order valence-corrected chi connectivity index (χ0v) is 9.67. The summed E-state index contributed by atoms with van der Waals surface area (Å²) in [7, 11) is 0. The van der Waals surface area contributed by atoms with Gasteiger partial charge in [-0.05, 0) is 31.0 Å². The van der Waals surface area contributed by atoms with Gasteiger partial charge in [0.1, 0.15) is 0 Å². The molecular weight excluding hydrogens is 258 g/mol. The number of carbonyl (C=O) groups is 1. The van der Waals surface area contributed by atoms with Crippen LogP contribution in [0.2, 0.25) is 0 Å². The van der Waals surface area contributed by atoms with Crippen LogP contribution in [0.3, 0.4) is 0 Å². The second kappa shape index (κ2) is 4.10. The third kappa shape index (κ3) is 2.86. The van der Waals surface area contributed by atoms with E-state index in [4.69, 9.17) is 5.73 Å². The highest BCUT2D eigenvalue weighted by Gasteiger charge is 2.23. The summed E-state index contributed by atoms with van der Waals surface area (Å²) in [4.78, 5) is 11.4. The first-order valence-electron chi connectivity index (χ1n) is 4.77. The van der Waals surface area contributed by atoms with Gasteiger partial charge in [-0.25, -0.2) is 4.79 Å². The molecule has 0 aliphatic heterocycles. The molecule has 4 N–H and O–H groups in total. The quantitative estimate of drug-likeness (QED) is 0.722. The Morgan fingerprint density at radius 2 is 2.20 bits per heavy atom. The van der Waals surface area contributed by atoms with E-state index in [1.807, 2.05) is 6.07 Å². The maximum absolute atomic E-state index is 11.4.